The SMILES string of the molecule is CC(C)S(=O)(=O)c1ccccc1Nc1nc(Nc2ccc(/C=C/C(=O)NO)cc2)ncc1Cl. The van der Waals surface area contributed by atoms with E-state index in [2.05, 4.69) is 20.6 Å². The second kappa shape index (κ2) is 10.4. The van der Waals surface area contributed by atoms with Crippen molar-refractivity contribution in [2.75, 3.05) is 10.6 Å². The number of para-hydroxylation sites is 1. The maximum Gasteiger partial charge on any atom is 0.267 e. The van der Waals surface area contributed by atoms with Crippen LogP contribution in [-0.2, 0) is 14.6 Å². The Hall–Kier alpha value is -3.47. The van der Waals surface area contributed by atoms with Crippen LogP contribution < -0.4 is 16.1 Å². The van der Waals surface area contributed by atoms with E-state index in [0.717, 1.165) is 5.56 Å². The number of nitrogens with one attached hydrogen (secondary N) is 3. The smallest absolute Gasteiger partial charge is 0.267 e. The summed E-state index contributed by atoms with van der Waals surface area (Å²) in [5, 5.41) is 14.2. The average Bonchev–Trinajstić information content (AvgIpc) is 2.80. The molecular weight excluding hydrogens is 466 g/mol. The first-order valence-corrected chi connectivity index (χ1v) is 11.7. The van der Waals surface area contributed by atoms with Gasteiger partial charge in [0.05, 0.1) is 22.0 Å². The van der Waals surface area contributed by atoms with E-state index in [1.165, 1.54) is 23.8 Å². The highest BCUT2D eigenvalue weighted by molar-refractivity contribution is 7.92. The number of hydrogen-bond acceptors (Lipinski definition) is 8. The summed E-state index contributed by atoms with van der Waals surface area (Å²) in [7, 11) is -3.52. The fourth-order valence-electron chi connectivity index (χ4n) is 2.73. The number of halogens is 1. The largest absolute Gasteiger partial charge is 0.338 e. The van der Waals surface area contributed by atoms with E-state index in [1.807, 2.05) is 0 Å². The molecule has 1 aromatic heterocycles. The van der Waals surface area contributed by atoms with Gasteiger partial charge in [-0.3, -0.25) is 10.0 Å². The highest BCUT2D eigenvalue weighted by Crippen LogP contribution is 2.30. The fourth-order valence-corrected chi connectivity index (χ4v) is 4.07. The molecule has 4 N–H and O–H groups in total. The number of sulfone groups is 1. The van der Waals surface area contributed by atoms with Crippen LogP contribution in [0.5, 0.6) is 0 Å². The molecule has 3 rings (SSSR count). The zero-order valence-electron chi connectivity index (χ0n) is 17.8. The molecule has 3 aromatic rings. The van der Waals surface area contributed by atoms with Crippen molar-refractivity contribution in [3.63, 3.8) is 0 Å². The predicted octanol–water partition coefficient (Wildman–Crippen LogP) is 4.32. The first-order valence-electron chi connectivity index (χ1n) is 9.82. The number of rotatable bonds is 8. The molecule has 11 heteroatoms. The molecule has 0 atom stereocenters. The summed E-state index contributed by atoms with van der Waals surface area (Å²) in [6.45, 7) is 3.24. The lowest BCUT2D eigenvalue weighted by Crippen LogP contribution is -2.15. The lowest BCUT2D eigenvalue weighted by atomic mass is 10.2. The Kier molecular flexibility index (Phi) is 7.64. The van der Waals surface area contributed by atoms with Crippen LogP contribution in [0.3, 0.4) is 0 Å². The molecule has 0 saturated carbocycles. The number of hydroxylamine groups is 1. The lowest BCUT2D eigenvalue weighted by Gasteiger charge is -2.15. The molecule has 0 aliphatic rings. The quantitative estimate of drug-likeness (QED) is 0.210. The van der Waals surface area contributed by atoms with Crippen LogP contribution >= 0.6 is 11.6 Å². The van der Waals surface area contributed by atoms with Crippen LogP contribution in [0.4, 0.5) is 23.1 Å². The van der Waals surface area contributed by atoms with Crippen molar-refractivity contribution in [3.05, 3.63) is 71.4 Å². The van der Waals surface area contributed by atoms with E-state index in [-0.39, 0.29) is 21.7 Å². The van der Waals surface area contributed by atoms with E-state index in [0.29, 0.717) is 11.4 Å². The Labute approximate surface area is 196 Å². The Morgan fingerprint density at radius 2 is 1.79 bits per heavy atom. The van der Waals surface area contributed by atoms with E-state index in [1.54, 1.807) is 62.4 Å². The van der Waals surface area contributed by atoms with Crippen molar-refractivity contribution >= 4 is 56.6 Å². The molecule has 1 heterocycles. The second-order valence-corrected chi connectivity index (χ2v) is 10.0. The van der Waals surface area contributed by atoms with Crippen LogP contribution in [0.25, 0.3) is 6.08 Å². The van der Waals surface area contributed by atoms with E-state index >= 15 is 0 Å². The molecule has 0 unspecified atom stereocenters. The highest BCUT2D eigenvalue weighted by atomic mass is 35.5. The number of anilines is 4. The molecular formula is C22H22ClN5O4S. The van der Waals surface area contributed by atoms with Gasteiger partial charge >= 0.3 is 0 Å². The molecule has 0 aliphatic carbocycles. The minimum Gasteiger partial charge on any atom is -0.338 e. The van der Waals surface area contributed by atoms with E-state index in [9.17, 15) is 13.2 Å². The van der Waals surface area contributed by atoms with Crippen LogP contribution in [0, 0.1) is 0 Å². The maximum absolute atomic E-state index is 12.7. The number of carbonyl (C=O) groups excluding carboxylic acids is 1. The van der Waals surface area contributed by atoms with Gasteiger partial charge in [-0.05, 0) is 49.8 Å². The van der Waals surface area contributed by atoms with Crippen LogP contribution in [0.1, 0.15) is 19.4 Å². The van der Waals surface area contributed by atoms with Crippen molar-refractivity contribution in [2.45, 2.75) is 24.0 Å². The van der Waals surface area contributed by atoms with Gasteiger partial charge in [-0.1, -0.05) is 35.9 Å². The monoisotopic (exact) mass is 487 g/mol. The molecule has 0 spiro atoms. The standard InChI is InChI=1S/C22H22ClN5O4S/c1-14(2)33(31,32)19-6-4-3-5-18(19)26-21-17(23)13-24-22(27-21)25-16-10-7-15(8-11-16)9-12-20(29)28-30/h3-14,30H,1-2H3,(H,28,29)(H2,24,25,26,27)/b12-9+. The summed E-state index contributed by atoms with van der Waals surface area (Å²) in [5.74, 6) is -0.140. The molecule has 0 aliphatic heterocycles. The van der Waals surface area contributed by atoms with Gasteiger partial charge in [0.1, 0.15) is 5.02 Å². The van der Waals surface area contributed by atoms with Gasteiger partial charge in [0.2, 0.25) is 5.95 Å². The van der Waals surface area contributed by atoms with E-state index in [4.69, 9.17) is 16.8 Å². The summed E-state index contributed by atoms with van der Waals surface area (Å²) in [6, 6.07) is 13.6. The van der Waals surface area contributed by atoms with Gasteiger partial charge in [0.15, 0.2) is 15.7 Å². The maximum atomic E-state index is 12.7. The van der Waals surface area contributed by atoms with Crippen LogP contribution in [-0.4, -0.2) is 34.8 Å². The van der Waals surface area contributed by atoms with Crippen molar-refractivity contribution in [1.82, 2.24) is 15.4 Å². The van der Waals surface area contributed by atoms with Crippen molar-refractivity contribution < 1.29 is 18.4 Å². The molecule has 0 radical (unpaired) electrons. The lowest BCUT2D eigenvalue weighted by molar-refractivity contribution is -0.124. The second-order valence-electron chi connectivity index (χ2n) is 7.16. The average molecular weight is 488 g/mol. The third-order valence-corrected chi connectivity index (χ3v) is 7.00. The highest BCUT2D eigenvalue weighted by Gasteiger charge is 2.23. The normalized spacial score (nSPS) is 11.5. The molecule has 9 nitrogen and oxygen atoms in total. The number of benzene rings is 2. The summed E-state index contributed by atoms with van der Waals surface area (Å²) in [4.78, 5) is 19.8. The van der Waals surface area contributed by atoms with Gasteiger partial charge in [0, 0.05) is 11.8 Å². The van der Waals surface area contributed by atoms with Gasteiger partial charge in [-0.25, -0.2) is 18.9 Å². The Balaban J connectivity index is 1.82. The molecule has 2 aromatic carbocycles. The Morgan fingerprint density at radius 3 is 2.45 bits per heavy atom. The summed E-state index contributed by atoms with van der Waals surface area (Å²) in [5.41, 5.74) is 3.30. The summed E-state index contributed by atoms with van der Waals surface area (Å²) < 4.78 is 25.4. The molecule has 0 saturated heterocycles. The predicted molar refractivity (Wildman–Crippen MR) is 128 cm³/mol. The molecule has 172 valence electrons. The third-order valence-electron chi connectivity index (χ3n) is 4.52. The number of aromatic nitrogens is 2. The van der Waals surface area contributed by atoms with Crippen molar-refractivity contribution in [3.8, 4) is 0 Å². The van der Waals surface area contributed by atoms with Gasteiger partial charge in [-0.2, -0.15) is 4.98 Å². The summed E-state index contributed by atoms with van der Waals surface area (Å²) >= 11 is 6.25. The van der Waals surface area contributed by atoms with Gasteiger partial charge in [-0.15, -0.1) is 0 Å². The Morgan fingerprint density at radius 1 is 1.09 bits per heavy atom. The summed E-state index contributed by atoms with van der Waals surface area (Å²) in [6.07, 6.45) is 4.14. The van der Waals surface area contributed by atoms with Gasteiger partial charge in [0.25, 0.3) is 5.91 Å². The van der Waals surface area contributed by atoms with Crippen molar-refractivity contribution in [1.29, 1.82) is 0 Å². The zero-order valence-corrected chi connectivity index (χ0v) is 19.4. The minimum atomic E-state index is -3.52. The molecule has 1 amide bonds. The first kappa shape index (κ1) is 24.2. The topological polar surface area (TPSA) is 133 Å². The van der Waals surface area contributed by atoms with Crippen LogP contribution in [0.15, 0.2) is 65.7 Å². The molecule has 33 heavy (non-hydrogen) atoms. The van der Waals surface area contributed by atoms with Crippen LogP contribution in [0.2, 0.25) is 5.02 Å². The molecule has 0 fully saturated rings. The Bertz CT molecular complexity index is 1280. The molecule has 0 bridgehead atoms. The van der Waals surface area contributed by atoms with E-state index < -0.39 is 21.0 Å². The number of carbonyl (C=O) groups is 1. The fraction of sp³-hybridized carbons (Fsp3) is 0.136. The minimum absolute atomic E-state index is 0.155. The third kappa shape index (κ3) is 6.07. The zero-order chi connectivity index (χ0) is 24.0. The number of amides is 1. The number of hydrogen-bond donors (Lipinski definition) is 4. The van der Waals surface area contributed by atoms with Gasteiger partial charge < -0.3 is 10.6 Å². The number of nitrogens with zero attached hydrogens (tertiary/aromatic N) is 2. The first-order chi connectivity index (χ1) is 15.7. The van der Waals surface area contributed by atoms with Crippen molar-refractivity contribution in [2.24, 2.45) is 0 Å².